The number of nitriles is 1. The molecule has 2 heteroatoms. The summed E-state index contributed by atoms with van der Waals surface area (Å²) in [4.78, 5) is 4.20. The van der Waals surface area contributed by atoms with Gasteiger partial charge in [-0.2, -0.15) is 5.26 Å². The molecule has 2 nitrogen and oxygen atoms in total. The van der Waals surface area contributed by atoms with E-state index in [0.29, 0.717) is 0 Å². The molecule has 0 aliphatic heterocycles. The molecule has 1 aromatic heterocycles. The molecule has 0 N–H and O–H groups in total. The second-order valence-corrected chi connectivity index (χ2v) is 3.23. The van der Waals surface area contributed by atoms with E-state index in [1.807, 2.05) is 48.5 Å². The van der Waals surface area contributed by atoms with E-state index in [2.05, 4.69) is 11.1 Å². The Balaban J connectivity index is 2.39. The third kappa shape index (κ3) is 2.03. The lowest BCUT2D eigenvalue weighted by Gasteiger charge is -2.07. The molecular weight excluding hydrogens is 184 g/mol. The predicted molar refractivity (Wildman–Crippen MR) is 58.1 cm³/mol. The summed E-state index contributed by atoms with van der Waals surface area (Å²) in [6.07, 6.45) is 1.71. The van der Waals surface area contributed by atoms with Crippen molar-refractivity contribution in [1.82, 2.24) is 4.98 Å². The van der Waals surface area contributed by atoms with E-state index in [0.717, 1.165) is 11.3 Å². The molecule has 72 valence electrons. The van der Waals surface area contributed by atoms with Gasteiger partial charge in [0.25, 0.3) is 0 Å². The van der Waals surface area contributed by atoms with Crippen molar-refractivity contribution < 1.29 is 0 Å². The number of nitrogens with zero attached hydrogens (tertiary/aromatic N) is 2. The van der Waals surface area contributed by atoms with Gasteiger partial charge in [0, 0.05) is 6.20 Å². The molecule has 1 atom stereocenters. The lowest BCUT2D eigenvalue weighted by atomic mass is 9.97. The molecule has 2 rings (SSSR count). The Labute approximate surface area is 88.8 Å². The minimum absolute atomic E-state index is 0.271. The van der Waals surface area contributed by atoms with Crippen LogP contribution >= 0.6 is 0 Å². The molecule has 0 radical (unpaired) electrons. The van der Waals surface area contributed by atoms with Crippen molar-refractivity contribution in [1.29, 1.82) is 5.26 Å². The summed E-state index contributed by atoms with van der Waals surface area (Å²) in [7, 11) is 0. The topological polar surface area (TPSA) is 36.7 Å². The van der Waals surface area contributed by atoms with Gasteiger partial charge in [-0.15, -0.1) is 0 Å². The fraction of sp³-hybridized carbons (Fsp3) is 0.0769. The quantitative estimate of drug-likeness (QED) is 0.737. The third-order valence-electron chi connectivity index (χ3n) is 2.25. The van der Waals surface area contributed by atoms with Gasteiger partial charge in [-0.3, -0.25) is 4.98 Å². The van der Waals surface area contributed by atoms with Crippen LogP contribution in [-0.2, 0) is 0 Å². The highest BCUT2D eigenvalue weighted by Gasteiger charge is 2.13. The Kier molecular flexibility index (Phi) is 2.75. The highest BCUT2D eigenvalue weighted by molar-refractivity contribution is 5.33. The van der Waals surface area contributed by atoms with Crippen LogP contribution in [0.4, 0.5) is 0 Å². The second kappa shape index (κ2) is 4.39. The first-order valence-electron chi connectivity index (χ1n) is 4.77. The lowest BCUT2D eigenvalue weighted by Crippen LogP contribution is -1.99. The van der Waals surface area contributed by atoms with Crippen molar-refractivity contribution in [3.63, 3.8) is 0 Å². The summed E-state index contributed by atoms with van der Waals surface area (Å²) in [6.45, 7) is 0. The SMILES string of the molecule is N#C[C@H](c1ccccc1)c1ccccn1. The first-order chi connectivity index (χ1) is 7.42. The van der Waals surface area contributed by atoms with Crippen LogP contribution in [0.1, 0.15) is 17.2 Å². The van der Waals surface area contributed by atoms with Crippen molar-refractivity contribution in [3.05, 3.63) is 66.0 Å². The fourth-order valence-corrected chi connectivity index (χ4v) is 1.50. The summed E-state index contributed by atoms with van der Waals surface area (Å²) in [6, 6.07) is 17.6. The van der Waals surface area contributed by atoms with Crippen LogP contribution in [0.15, 0.2) is 54.7 Å². The van der Waals surface area contributed by atoms with Gasteiger partial charge < -0.3 is 0 Å². The van der Waals surface area contributed by atoms with Crippen LogP contribution in [0.5, 0.6) is 0 Å². The molecule has 0 unspecified atom stereocenters. The maximum absolute atomic E-state index is 9.14. The van der Waals surface area contributed by atoms with Crippen LogP contribution in [0.25, 0.3) is 0 Å². The van der Waals surface area contributed by atoms with E-state index in [9.17, 15) is 0 Å². The molecule has 1 heterocycles. The maximum atomic E-state index is 9.14. The highest BCUT2D eigenvalue weighted by atomic mass is 14.7. The monoisotopic (exact) mass is 194 g/mol. The van der Waals surface area contributed by atoms with Gasteiger partial charge in [-0.05, 0) is 17.7 Å². The number of pyridine rings is 1. The van der Waals surface area contributed by atoms with Gasteiger partial charge in [-0.1, -0.05) is 36.4 Å². The Morgan fingerprint density at radius 1 is 1.00 bits per heavy atom. The van der Waals surface area contributed by atoms with Crippen molar-refractivity contribution in [2.24, 2.45) is 0 Å². The van der Waals surface area contributed by atoms with Gasteiger partial charge in [0.15, 0.2) is 0 Å². The normalized spacial score (nSPS) is 11.7. The Morgan fingerprint density at radius 2 is 1.73 bits per heavy atom. The molecule has 0 aliphatic carbocycles. The Hall–Kier alpha value is -2.14. The van der Waals surface area contributed by atoms with Crippen molar-refractivity contribution in [2.75, 3.05) is 0 Å². The van der Waals surface area contributed by atoms with Crippen LogP contribution in [0.2, 0.25) is 0 Å². The molecule has 0 bridgehead atoms. The van der Waals surface area contributed by atoms with Gasteiger partial charge in [-0.25, -0.2) is 0 Å². The van der Waals surface area contributed by atoms with Crippen LogP contribution < -0.4 is 0 Å². The van der Waals surface area contributed by atoms with Gasteiger partial charge in [0.1, 0.15) is 5.92 Å². The van der Waals surface area contributed by atoms with Gasteiger partial charge >= 0.3 is 0 Å². The van der Waals surface area contributed by atoms with Crippen LogP contribution in [0.3, 0.4) is 0 Å². The number of aromatic nitrogens is 1. The van der Waals surface area contributed by atoms with Crippen molar-refractivity contribution in [3.8, 4) is 6.07 Å². The predicted octanol–water partition coefficient (Wildman–Crippen LogP) is 2.74. The first kappa shape index (κ1) is 9.42. The molecular formula is C13H10N2. The number of benzene rings is 1. The molecule has 0 aliphatic rings. The summed E-state index contributed by atoms with van der Waals surface area (Å²) >= 11 is 0. The zero-order valence-corrected chi connectivity index (χ0v) is 8.17. The molecule has 0 spiro atoms. The summed E-state index contributed by atoms with van der Waals surface area (Å²) in [5, 5.41) is 9.14. The van der Waals surface area contributed by atoms with Crippen LogP contribution in [-0.4, -0.2) is 4.98 Å². The largest absolute Gasteiger partial charge is 0.260 e. The summed E-state index contributed by atoms with van der Waals surface area (Å²) in [5.41, 5.74) is 1.78. The second-order valence-electron chi connectivity index (χ2n) is 3.23. The van der Waals surface area contributed by atoms with E-state index < -0.39 is 0 Å². The molecule has 15 heavy (non-hydrogen) atoms. The van der Waals surface area contributed by atoms with Gasteiger partial charge in [0.05, 0.1) is 11.8 Å². The molecule has 0 amide bonds. The van der Waals surface area contributed by atoms with E-state index >= 15 is 0 Å². The third-order valence-corrected chi connectivity index (χ3v) is 2.25. The average Bonchev–Trinajstić information content (AvgIpc) is 2.33. The molecule has 0 fully saturated rings. The lowest BCUT2D eigenvalue weighted by molar-refractivity contribution is 0.966. The number of hydrogen-bond donors (Lipinski definition) is 0. The van der Waals surface area contributed by atoms with E-state index in [-0.39, 0.29) is 5.92 Å². The number of rotatable bonds is 2. The maximum Gasteiger partial charge on any atom is 0.113 e. The van der Waals surface area contributed by atoms with Crippen LogP contribution in [0, 0.1) is 11.3 Å². The molecule has 2 aromatic rings. The summed E-state index contributed by atoms with van der Waals surface area (Å²) in [5.74, 6) is -0.271. The fourth-order valence-electron chi connectivity index (χ4n) is 1.50. The van der Waals surface area contributed by atoms with Gasteiger partial charge in [0.2, 0.25) is 0 Å². The van der Waals surface area contributed by atoms with Crippen molar-refractivity contribution in [2.45, 2.75) is 5.92 Å². The Bertz CT molecular complexity index is 417. The molecule has 0 saturated carbocycles. The molecule has 0 saturated heterocycles. The van der Waals surface area contributed by atoms with E-state index in [1.54, 1.807) is 6.20 Å². The minimum Gasteiger partial charge on any atom is -0.260 e. The number of hydrogen-bond acceptors (Lipinski definition) is 2. The summed E-state index contributed by atoms with van der Waals surface area (Å²) < 4.78 is 0. The highest BCUT2D eigenvalue weighted by Crippen LogP contribution is 2.21. The van der Waals surface area contributed by atoms with Crippen molar-refractivity contribution >= 4 is 0 Å². The standard InChI is InChI=1S/C13H10N2/c14-10-12(11-6-2-1-3-7-11)13-8-4-5-9-15-13/h1-9,12H/t12-/m1/s1. The van der Waals surface area contributed by atoms with E-state index in [1.165, 1.54) is 0 Å². The zero-order chi connectivity index (χ0) is 10.5. The minimum atomic E-state index is -0.271. The Morgan fingerprint density at radius 3 is 2.33 bits per heavy atom. The smallest absolute Gasteiger partial charge is 0.113 e. The van der Waals surface area contributed by atoms with E-state index in [4.69, 9.17) is 5.26 Å². The average molecular weight is 194 g/mol. The first-order valence-corrected chi connectivity index (χ1v) is 4.77. The zero-order valence-electron chi connectivity index (χ0n) is 8.17. The molecule has 1 aromatic carbocycles.